The van der Waals surface area contributed by atoms with E-state index in [0.29, 0.717) is 0 Å². The van der Waals surface area contributed by atoms with Crippen molar-refractivity contribution in [3.63, 3.8) is 0 Å². The van der Waals surface area contributed by atoms with E-state index in [2.05, 4.69) is 10.3 Å². The molecule has 1 aliphatic heterocycles. The molecule has 0 amide bonds. The SMILES string of the molecule is C[C]1NO1. The highest BCUT2D eigenvalue weighted by Crippen LogP contribution is 2.04. The fraction of sp³-hybridized carbons (Fsp3) is 0.500. The van der Waals surface area contributed by atoms with Gasteiger partial charge in [0.15, 0.2) is 0 Å². The summed E-state index contributed by atoms with van der Waals surface area (Å²) in [6.45, 7) is 1.86. The first kappa shape index (κ1) is 2.18. The van der Waals surface area contributed by atoms with Crippen molar-refractivity contribution < 1.29 is 4.84 Å². The number of hydroxylamine groups is 1. The molecule has 1 N–H and O–H groups in total. The smallest absolute Gasteiger partial charge is 0.204 e. The zero-order valence-electron chi connectivity index (χ0n) is 2.41. The molecule has 1 rings (SSSR count). The van der Waals surface area contributed by atoms with E-state index in [1.54, 1.807) is 0 Å². The Kier molecular flexibility index (Phi) is 0.242. The van der Waals surface area contributed by atoms with Crippen molar-refractivity contribution in [2.45, 2.75) is 6.92 Å². The monoisotopic (exact) mass is 58.0 g/mol. The van der Waals surface area contributed by atoms with Gasteiger partial charge in [-0.1, -0.05) is 0 Å². The molecule has 2 heteroatoms. The summed E-state index contributed by atoms with van der Waals surface area (Å²) < 4.78 is 0. The van der Waals surface area contributed by atoms with Crippen LogP contribution in [0.2, 0.25) is 0 Å². The van der Waals surface area contributed by atoms with Crippen LogP contribution in [0, 0.1) is 6.23 Å². The Hall–Kier alpha value is -0.0800. The van der Waals surface area contributed by atoms with E-state index in [-0.39, 0.29) is 0 Å². The van der Waals surface area contributed by atoms with Gasteiger partial charge in [0.05, 0.1) is 0 Å². The van der Waals surface area contributed by atoms with Gasteiger partial charge in [0.25, 0.3) is 0 Å². The van der Waals surface area contributed by atoms with E-state index < -0.39 is 0 Å². The van der Waals surface area contributed by atoms with Crippen LogP contribution in [0.15, 0.2) is 0 Å². The molecule has 0 unspecified atom stereocenters. The van der Waals surface area contributed by atoms with E-state index in [4.69, 9.17) is 0 Å². The third-order valence-electron chi connectivity index (χ3n) is 0.306. The van der Waals surface area contributed by atoms with Crippen LogP contribution in [0.25, 0.3) is 0 Å². The van der Waals surface area contributed by atoms with Crippen LogP contribution in [0.5, 0.6) is 0 Å². The number of hydrogen-bond donors (Lipinski definition) is 1. The van der Waals surface area contributed by atoms with Gasteiger partial charge in [0.2, 0.25) is 6.23 Å². The minimum atomic E-state index is 0.917. The number of rotatable bonds is 0. The minimum absolute atomic E-state index is 0.917. The van der Waals surface area contributed by atoms with Crippen molar-refractivity contribution in [2.24, 2.45) is 0 Å². The molecule has 0 aliphatic carbocycles. The minimum Gasteiger partial charge on any atom is -0.270 e. The molecular weight excluding hydrogens is 54.0 g/mol. The van der Waals surface area contributed by atoms with Gasteiger partial charge in [0, 0.05) is 0 Å². The lowest BCUT2D eigenvalue weighted by Gasteiger charge is -1.42. The molecule has 4 heavy (non-hydrogen) atoms. The average Bonchev–Trinajstić information content (AvgIpc) is 1.75. The molecule has 0 saturated carbocycles. The van der Waals surface area contributed by atoms with E-state index in [9.17, 15) is 0 Å². The molecule has 1 radical (unpaired) electrons. The summed E-state index contributed by atoms with van der Waals surface area (Å²) in [5, 5.41) is 0. The van der Waals surface area contributed by atoms with Gasteiger partial charge in [-0.25, -0.2) is 0 Å². The maximum absolute atomic E-state index is 4.38. The Morgan fingerprint density at radius 1 is 2.00 bits per heavy atom. The van der Waals surface area contributed by atoms with E-state index >= 15 is 0 Å². The molecule has 0 aromatic carbocycles. The van der Waals surface area contributed by atoms with Crippen LogP contribution in [0.3, 0.4) is 0 Å². The van der Waals surface area contributed by atoms with Crippen molar-refractivity contribution in [3.8, 4) is 0 Å². The summed E-state index contributed by atoms with van der Waals surface area (Å²) in [6.07, 6.45) is 0.917. The maximum atomic E-state index is 4.38. The zero-order chi connectivity index (χ0) is 2.99. The topological polar surface area (TPSA) is 34.5 Å². The molecule has 23 valence electrons. The van der Waals surface area contributed by atoms with Crippen LogP contribution in [-0.2, 0) is 4.84 Å². The van der Waals surface area contributed by atoms with Crippen LogP contribution < -0.4 is 5.48 Å². The Morgan fingerprint density at radius 3 is 2.25 bits per heavy atom. The second-order valence-electron chi connectivity index (χ2n) is 0.760. The summed E-state index contributed by atoms with van der Waals surface area (Å²) in [6, 6.07) is 0. The Morgan fingerprint density at radius 2 is 2.25 bits per heavy atom. The van der Waals surface area contributed by atoms with Gasteiger partial charge in [-0.05, 0) is 6.92 Å². The largest absolute Gasteiger partial charge is 0.270 e. The zero-order valence-corrected chi connectivity index (χ0v) is 2.41. The molecule has 1 fully saturated rings. The third-order valence-corrected chi connectivity index (χ3v) is 0.306. The highest BCUT2D eigenvalue weighted by molar-refractivity contribution is 4.70. The summed E-state index contributed by atoms with van der Waals surface area (Å²) in [4.78, 5) is 4.38. The van der Waals surface area contributed by atoms with Gasteiger partial charge in [-0.2, -0.15) is 5.48 Å². The standard InChI is InChI=1S/C2H4NO/c1-2-3-4-2/h3H,1H3. The van der Waals surface area contributed by atoms with Crippen LogP contribution in [-0.4, -0.2) is 0 Å². The number of nitrogens with one attached hydrogen (secondary N) is 1. The second kappa shape index (κ2) is 0.445. The first-order valence-corrected chi connectivity index (χ1v) is 1.16. The molecule has 0 aromatic rings. The average molecular weight is 58.1 g/mol. The number of hydrogen-bond acceptors (Lipinski definition) is 2. The lowest BCUT2D eigenvalue weighted by atomic mass is 10.8. The van der Waals surface area contributed by atoms with Crippen molar-refractivity contribution in [3.05, 3.63) is 6.23 Å². The molecule has 0 bridgehead atoms. The highest BCUT2D eigenvalue weighted by Gasteiger charge is 2.14. The Balaban J connectivity index is 2.17. The fourth-order valence-corrected chi connectivity index (χ4v) is 0.0510. The molecule has 1 saturated heterocycles. The summed E-state index contributed by atoms with van der Waals surface area (Å²) >= 11 is 0. The predicted molar refractivity (Wildman–Crippen MR) is 13.1 cm³/mol. The quantitative estimate of drug-likeness (QED) is 0.399. The molecule has 2 nitrogen and oxygen atoms in total. The maximum Gasteiger partial charge on any atom is 0.204 e. The van der Waals surface area contributed by atoms with Gasteiger partial charge in [-0.3, -0.25) is 4.84 Å². The van der Waals surface area contributed by atoms with Crippen LogP contribution in [0.4, 0.5) is 0 Å². The summed E-state index contributed by atoms with van der Waals surface area (Å²) in [7, 11) is 0. The fourth-order valence-electron chi connectivity index (χ4n) is 0.0510. The van der Waals surface area contributed by atoms with E-state index in [1.165, 1.54) is 0 Å². The van der Waals surface area contributed by atoms with E-state index in [1.807, 2.05) is 6.92 Å². The van der Waals surface area contributed by atoms with Crippen molar-refractivity contribution in [1.82, 2.24) is 5.48 Å². The first-order valence-electron chi connectivity index (χ1n) is 1.16. The first-order chi connectivity index (χ1) is 1.89. The van der Waals surface area contributed by atoms with Gasteiger partial charge in [0.1, 0.15) is 0 Å². The normalized spacial score (nSPS) is 26.2. The molecule has 0 aromatic heterocycles. The lowest BCUT2D eigenvalue weighted by Crippen LogP contribution is -1.62. The molecule has 0 spiro atoms. The molecule has 1 heterocycles. The third kappa shape index (κ3) is 0.191. The van der Waals surface area contributed by atoms with Crippen molar-refractivity contribution in [2.75, 3.05) is 0 Å². The molecular formula is C2H4NO. The molecule has 0 atom stereocenters. The Labute approximate surface area is 24.7 Å². The Bertz CT molecular complexity index is 25.2. The van der Waals surface area contributed by atoms with Gasteiger partial charge in [-0.15, -0.1) is 0 Å². The second-order valence-corrected chi connectivity index (χ2v) is 0.760. The predicted octanol–water partition coefficient (Wildman–Crippen LogP) is 0.0306. The van der Waals surface area contributed by atoms with Gasteiger partial charge >= 0.3 is 0 Å². The molecule has 1 aliphatic rings. The van der Waals surface area contributed by atoms with Gasteiger partial charge < -0.3 is 0 Å². The summed E-state index contributed by atoms with van der Waals surface area (Å²) in [5.74, 6) is 0. The van der Waals surface area contributed by atoms with Crippen LogP contribution in [0.1, 0.15) is 6.92 Å². The highest BCUT2D eigenvalue weighted by atomic mass is 16.8. The van der Waals surface area contributed by atoms with Crippen molar-refractivity contribution in [1.29, 1.82) is 0 Å². The van der Waals surface area contributed by atoms with E-state index in [0.717, 1.165) is 6.23 Å². The van der Waals surface area contributed by atoms with Crippen molar-refractivity contribution >= 4 is 0 Å². The summed E-state index contributed by atoms with van der Waals surface area (Å²) in [5.41, 5.74) is 2.51. The lowest BCUT2D eigenvalue weighted by molar-refractivity contribution is 0.413. The van der Waals surface area contributed by atoms with Crippen LogP contribution >= 0.6 is 0 Å².